The smallest absolute Gasteiger partial charge is 0.271 e. The predicted molar refractivity (Wildman–Crippen MR) is 57.0 cm³/mol. The molecule has 0 saturated carbocycles. The summed E-state index contributed by atoms with van der Waals surface area (Å²) in [6.07, 6.45) is 0. The van der Waals surface area contributed by atoms with Crippen LogP contribution in [0.3, 0.4) is 0 Å². The van der Waals surface area contributed by atoms with Crippen molar-refractivity contribution in [2.75, 3.05) is 5.32 Å². The van der Waals surface area contributed by atoms with E-state index in [2.05, 4.69) is 5.32 Å². The van der Waals surface area contributed by atoms with Crippen LogP contribution in [0.1, 0.15) is 6.92 Å². The van der Waals surface area contributed by atoms with Crippen molar-refractivity contribution in [3.05, 3.63) is 28.3 Å². The van der Waals surface area contributed by atoms with Crippen LogP contribution in [0.2, 0.25) is 0 Å². The minimum absolute atomic E-state index is 0.01000. The molecule has 2 rings (SSSR count). The summed E-state index contributed by atoms with van der Waals surface area (Å²) in [5.41, 5.74) is 0.515. The zero-order chi connectivity index (χ0) is 11.0. The van der Waals surface area contributed by atoms with E-state index < -0.39 is 4.92 Å². The molecule has 0 saturated heterocycles. The van der Waals surface area contributed by atoms with Gasteiger partial charge in [-0.25, -0.2) is 0 Å². The lowest BCUT2D eigenvalue weighted by Gasteiger charge is -2.20. The largest absolute Gasteiger partial charge is 0.324 e. The van der Waals surface area contributed by atoms with Crippen LogP contribution in [0.4, 0.5) is 11.4 Å². The Morgan fingerprint density at radius 3 is 2.93 bits per heavy atom. The number of rotatable bonds is 1. The van der Waals surface area contributed by atoms with E-state index in [-0.39, 0.29) is 16.8 Å². The van der Waals surface area contributed by atoms with Gasteiger partial charge in [0.15, 0.2) is 0 Å². The van der Waals surface area contributed by atoms with Gasteiger partial charge >= 0.3 is 0 Å². The molecular weight excluding hydrogens is 216 g/mol. The second-order valence-electron chi connectivity index (χ2n) is 3.19. The van der Waals surface area contributed by atoms with Crippen molar-refractivity contribution in [2.45, 2.75) is 17.1 Å². The molecule has 15 heavy (non-hydrogen) atoms. The maximum Gasteiger partial charge on any atom is 0.271 e. The maximum absolute atomic E-state index is 11.3. The fourth-order valence-corrected chi connectivity index (χ4v) is 2.24. The number of carbonyl (C=O) groups excluding carboxylic acids is 1. The first kappa shape index (κ1) is 9.97. The van der Waals surface area contributed by atoms with Gasteiger partial charge in [-0.2, -0.15) is 0 Å². The van der Waals surface area contributed by atoms with Crippen molar-refractivity contribution >= 4 is 29.0 Å². The molecule has 1 aromatic carbocycles. The van der Waals surface area contributed by atoms with Crippen LogP contribution in [0.15, 0.2) is 23.1 Å². The number of fused-ring (bicyclic) bond motifs is 1. The van der Waals surface area contributed by atoms with Crippen LogP contribution >= 0.6 is 11.8 Å². The first-order valence-electron chi connectivity index (χ1n) is 4.34. The Hall–Kier alpha value is -1.56. The molecule has 1 amide bonds. The first-order chi connectivity index (χ1) is 7.08. The normalized spacial score (nSPS) is 19.3. The fourth-order valence-electron chi connectivity index (χ4n) is 1.31. The standard InChI is InChI=1S/C9H8N2O3S/c1-5-9(12)10-7-4-6(11(13)14)2-3-8(7)15-5/h2-5H,1H3,(H,10,12)/t5-/m0/s1. The van der Waals surface area contributed by atoms with Gasteiger partial charge in [-0.1, -0.05) is 0 Å². The van der Waals surface area contributed by atoms with Crippen molar-refractivity contribution in [1.29, 1.82) is 0 Å². The number of nitrogens with zero attached hydrogens (tertiary/aromatic N) is 1. The molecule has 6 heteroatoms. The quantitative estimate of drug-likeness (QED) is 0.585. The van der Waals surface area contributed by atoms with Gasteiger partial charge in [0.1, 0.15) is 0 Å². The Balaban J connectivity index is 2.41. The summed E-state index contributed by atoms with van der Waals surface area (Å²) in [4.78, 5) is 22.2. The van der Waals surface area contributed by atoms with E-state index in [9.17, 15) is 14.9 Å². The summed E-state index contributed by atoms with van der Waals surface area (Å²) >= 11 is 1.41. The highest BCUT2D eigenvalue weighted by Gasteiger charge is 2.24. The van der Waals surface area contributed by atoms with Gasteiger partial charge in [-0.15, -0.1) is 11.8 Å². The number of anilines is 1. The van der Waals surface area contributed by atoms with Crippen molar-refractivity contribution < 1.29 is 9.72 Å². The summed E-state index contributed by atoms with van der Waals surface area (Å²) in [7, 11) is 0. The molecule has 0 bridgehead atoms. The number of hydrogen-bond acceptors (Lipinski definition) is 4. The van der Waals surface area contributed by atoms with E-state index in [0.717, 1.165) is 4.90 Å². The third-order valence-electron chi connectivity index (χ3n) is 2.10. The van der Waals surface area contributed by atoms with Crippen molar-refractivity contribution in [1.82, 2.24) is 0 Å². The molecular formula is C9H8N2O3S. The fraction of sp³-hybridized carbons (Fsp3) is 0.222. The van der Waals surface area contributed by atoms with Crippen molar-refractivity contribution in [2.24, 2.45) is 0 Å². The third-order valence-corrected chi connectivity index (χ3v) is 3.28. The molecule has 78 valence electrons. The lowest BCUT2D eigenvalue weighted by molar-refractivity contribution is -0.384. The molecule has 1 N–H and O–H groups in total. The Morgan fingerprint density at radius 1 is 1.53 bits per heavy atom. The summed E-state index contributed by atoms with van der Waals surface area (Å²) in [5, 5.41) is 13.0. The Morgan fingerprint density at radius 2 is 2.27 bits per heavy atom. The highest BCUT2D eigenvalue weighted by molar-refractivity contribution is 8.00. The number of hydrogen-bond donors (Lipinski definition) is 1. The average Bonchev–Trinajstić information content (AvgIpc) is 2.19. The summed E-state index contributed by atoms with van der Waals surface area (Å²) in [6, 6.07) is 4.48. The van der Waals surface area contributed by atoms with Gasteiger partial charge in [-0.3, -0.25) is 14.9 Å². The zero-order valence-electron chi connectivity index (χ0n) is 7.89. The highest BCUT2D eigenvalue weighted by Crippen LogP contribution is 2.37. The van der Waals surface area contributed by atoms with Crippen LogP contribution in [0.25, 0.3) is 0 Å². The molecule has 0 fully saturated rings. The van der Waals surface area contributed by atoms with E-state index in [0.29, 0.717) is 5.69 Å². The SMILES string of the molecule is C[C@@H]1Sc2ccc([N+](=O)[O-])cc2NC1=O. The number of nitro groups is 1. The summed E-state index contributed by atoms with van der Waals surface area (Å²) in [6.45, 7) is 1.80. The lowest BCUT2D eigenvalue weighted by Crippen LogP contribution is -2.26. The molecule has 0 radical (unpaired) electrons. The highest BCUT2D eigenvalue weighted by atomic mass is 32.2. The molecule has 0 spiro atoms. The predicted octanol–water partition coefficient (Wildman–Crippen LogP) is 2.03. The van der Waals surface area contributed by atoms with E-state index in [1.807, 2.05) is 0 Å². The molecule has 0 aliphatic carbocycles. The molecule has 1 aliphatic rings. The maximum atomic E-state index is 11.3. The van der Waals surface area contributed by atoms with Gasteiger partial charge in [-0.05, 0) is 13.0 Å². The van der Waals surface area contributed by atoms with E-state index in [1.54, 1.807) is 13.0 Å². The van der Waals surface area contributed by atoms with Gasteiger partial charge in [0, 0.05) is 17.0 Å². The first-order valence-corrected chi connectivity index (χ1v) is 5.22. The Kier molecular flexibility index (Phi) is 2.36. The average molecular weight is 224 g/mol. The molecule has 1 atom stereocenters. The summed E-state index contributed by atoms with van der Waals surface area (Å²) < 4.78 is 0. The monoisotopic (exact) mass is 224 g/mol. The second kappa shape index (κ2) is 3.54. The molecule has 1 aromatic rings. The third kappa shape index (κ3) is 1.80. The topological polar surface area (TPSA) is 72.2 Å². The van der Waals surface area contributed by atoms with Crippen LogP contribution in [-0.4, -0.2) is 16.1 Å². The Bertz CT molecular complexity index is 447. The van der Waals surface area contributed by atoms with E-state index in [4.69, 9.17) is 0 Å². The second-order valence-corrected chi connectivity index (χ2v) is 4.57. The van der Waals surface area contributed by atoms with E-state index >= 15 is 0 Å². The number of non-ortho nitro benzene ring substituents is 1. The van der Waals surface area contributed by atoms with Crippen LogP contribution < -0.4 is 5.32 Å². The van der Waals surface area contributed by atoms with Crippen LogP contribution in [0, 0.1) is 10.1 Å². The number of carbonyl (C=O) groups is 1. The number of nitro benzene ring substituents is 1. The minimum Gasteiger partial charge on any atom is -0.324 e. The molecule has 1 heterocycles. The van der Waals surface area contributed by atoms with Crippen molar-refractivity contribution in [3.63, 3.8) is 0 Å². The van der Waals surface area contributed by atoms with Gasteiger partial charge in [0.2, 0.25) is 5.91 Å². The number of nitrogens with one attached hydrogen (secondary N) is 1. The Labute approximate surface area is 90.0 Å². The lowest BCUT2D eigenvalue weighted by atomic mass is 10.2. The van der Waals surface area contributed by atoms with Gasteiger partial charge < -0.3 is 5.32 Å². The minimum atomic E-state index is -0.477. The van der Waals surface area contributed by atoms with Crippen LogP contribution in [0.5, 0.6) is 0 Å². The summed E-state index contributed by atoms with van der Waals surface area (Å²) in [5.74, 6) is -0.118. The molecule has 0 aromatic heterocycles. The number of thioether (sulfide) groups is 1. The zero-order valence-corrected chi connectivity index (χ0v) is 8.71. The number of amides is 1. The van der Waals surface area contributed by atoms with Crippen LogP contribution in [-0.2, 0) is 4.79 Å². The molecule has 1 aliphatic heterocycles. The number of benzene rings is 1. The van der Waals surface area contributed by atoms with E-state index in [1.165, 1.54) is 23.9 Å². The van der Waals surface area contributed by atoms with Gasteiger partial charge in [0.25, 0.3) is 5.69 Å². The molecule has 0 unspecified atom stereocenters. The molecule has 5 nitrogen and oxygen atoms in total. The van der Waals surface area contributed by atoms with Crippen molar-refractivity contribution in [3.8, 4) is 0 Å². The van der Waals surface area contributed by atoms with Gasteiger partial charge in [0.05, 0.1) is 15.9 Å².